The molecule has 2 N–H and O–H groups in total. The average molecular weight is 240 g/mol. The zero-order valence-electron chi connectivity index (χ0n) is 9.33. The van der Waals surface area contributed by atoms with Gasteiger partial charge in [0.25, 0.3) is 0 Å². The smallest absolute Gasteiger partial charge is 0.187 e. The molecule has 0 aliphatic rings. The molecule has 88 valence electrons. The van der Waals surface area contributed by atoms with Gasteiger partial charge in [-0.1, -0.05) is 44.2 Å². The average Bonchev–Trinajstić information content (AvgIpc) is 2.25. The van der Waals surface area contributed by atoms with Gasteiger partial charge in [-0.15, -0.1) is 0 Å². The quantitative estimate of drug-likeness (QED) is 0.794. The van der Waals surface area contributed by atoms with Crippen LogP contribution in [-0.2, 0) is 11.1 Å². The molecule has 1 aromatic rings. The van der Waals surface area contributed by atoms with E-state index in [2.05, 4.69) is 0 Å². The summed E-state index contributed by atoms with van der Waals surface area (Å²) in [7, 11) is 0. The summed E-state index contributed by atoms with van der Waals surface area (Å²) in [5, 5.41) is 9.59. The summed E-state index contributed by atoms with van der Waals surface area (Å²) in [6, 6.07) is 6.84. The SMILES string of the molecule is CC(C)C(O)/C=C/c1ccccc1S(=O)O. The van der Waals surface area contributed by atoms with Crippen molar-refractivity contribution in [3.8, 4) is 0 Å². The fourth-order valence-electron chi connectivity index (χ4n) is 1.20. The van der Waals surface area contributed by atoms with Gasteiger partial charge in [-0.25, -0.2) is 4.21 Å². The molecule has 0 bridgehead atoms. The van der Waals surface area contributed by atoms with Gasteiger partial charge in [-0.3, -0.25) is 0 Å². The lowest BCUT2D eigenvalue weighted by Crippen LogP contribution is -2.10. The fourth-order valence-corrected chi connectivity index (χ4v) is 1.73. The molecule has 0 amide bonds. The zero-order chi connectivity index (χ0) is 12.1. The van der Waals surface area contributed by atoms with Crippen molar-refractivity contribution in [2.75, 3.05) is 0 Å². The van der Waals surface area contributed by atoms with Crippen LogP contribution in [0, 0.1) is 5.92 Å². The molecule has 0 aliphatic heterocycles. The molecule has 1 rings (SSSR count). The summed E-state index contributed by atoms with van der Waals surface area (Å²) in [5.74, 6) is 0.128. The van der Waals surface area contributed by atoms with Crippen LogP contribution >= 0.6 is 0 Å². The van der Waals surface area contributed by atoms with E-state index in [0.29, 0.717) is 10.5 Å². The van der Waals surface area contributed by atoms with Crippen molar-refractivity contribution in [3.63, 3.8) is 0 Å². The Balaban J connectivity index is 2.93. The first-order valence-corrected chi connectivity index (χ1v) is 6.19. The van der Waals surface area contributed by atoms with Gasteiger partial charge in [0.15, 0.2) is 11.1 Å². The third-order valence-corrected chi connectivity index (χ3v) is 3.01. The van der Waals surface area contributed by atoms with Gasteiger partial charge in [-0.05, 0) is 17.5 Å². The number of benzene rings is 1. The molecular weight excluding hydrogens is 224 g/mol. The highest BCUT2D eigenvalue weighted by Gasteiger charge is 2.07. The monoisotopic (exact) mass is 240 g/mol. The molecule has 0 saturated carbocycles. The highest BCUT2D eigenvalue weighted by Crippen LogP contribution is 2.15. The summed E-state index contributed by atoms with van der Waals surface area (Å²) in [6.45, 7) is 3.82. The maximum atomic E-state index is 11.0. The first-order valence-electron chi connectivity index (χ1n) is 5.08. The summed E-state index contributed by atoms with van der Waals surface area (Å²) >= 11 is -2.00. The number of hydrogen-bond donors (Lipinski definition) is 2. The zero-order valence-corrected chi connectivity index (χ0v) is 10.1. The van der Waals surface area contributed by atoms with Crippen molar-refractivity contribution < 1.29 is 13.9 Å². The van der Waals surface area contributed by atoms with E-state index in [1.807, 2.05) is 13.8 Å². The van der Waals surface area contributed by atoms with Crippen LogP contribution in [0.3, 0.4) is 0 Å². The first kappa shape index (κ1) is 13.1. The van der Waals surface area contributed by atoms with Gasteiger partial charge in [-0.2, -0.15) is 0 Å². The number of aliphatic hydroxyl groups is 1. The van der Waals surface area contributed by atoms with Gasteiger partial charge in [0, 0.05) is 0 Å². The number of aliphatic hydroxyl groups excluding tert-OH is 1. The summed E-state index contributed by atoms with van der Waals surface area (Å²) in [6.07, 6.45) is 2.77. The Labute approximate surface area is 98.1 Å². The fraction of sp³-hybridized carbons (Fsp3) is 0.333. The highest BCUT2D eigenvalue weighted by atomic mass is 32.2. The molecule has 1 aromatic carbocycles. The number of rotatable bonds is 4. The van der Waals surface area contributed by atoms with Crippen molar-refractivity contribution in [3.05, 3.63) is 35.9 Å². The van der Waals surface area contributed by atoms with Gasteiger partial charge in [0.1, 0.15) is 0 Å². The van der Waals surface area contributed by atoms with E-state index in [-0.39, 0.29) is 5.92 Å². The van der Waals surface area contributed by atoms with Crippen molar-refractivity contribution in [1.82, 2.24) is 0 Å². The largest absolute Gasteiger partial charge is 0.389 e. The minimum Gasteiger partial charge on any atom is -0.389 e. The lowest BCUT2D eigenvalue weighted by Gasteiger charge is -2.09. The predicted molar refractivity (Wildman–Crippen MR) is 65.4 cm³/mol. The third-order valence-electron chi connectivity index (χ3n) is 2.26. The van der Waals surface area contributed by atoms with Gasteiger partial charge >= 0.3 is 0 Å². The Hall–Kier alpha value is -0.970. The van der Waals surface area contributed by atoms with Gasteiger partial charge in [0.05, 0.1) is 11.0 Å². The van der Waals surface area contributed by atoms with E-state index < -0.39 is 17.2 Å². The van der Waals surface area contributed by atoms with Crippen LogP contribution < -0.4 is 0 Å². The van der Waals surface area contributed by atoms with E-state index in [4.69, 9.17) is 4.55 Å². The molecule has 0 fully saturated rings. The van der Waals surface area contributed by atoms with Crippen molar-refractivity contribution in [2.24, 2.45) is 5.92 Å². The van der Waals surface area contributed by atoms with Crippen molar-refractivity contribution in [2.45, 2.75) is 24.8 Å². The van der Waals surface area contributed by atoms with Crippen molar-refractivity contribution >= 4 is 17.2 Å². The molecule has 0 spiro atoms. The van der Waals surface area contributed by atoms with Crippen molar-refractivity contribution in [1.29, 1.82) is 0 Å². The highest BCUT2D eigenvalue weighted by molar-refractivity contribution is 7.79. The molecule has 4 heteroatoms. The molecule has 3 nitrogen and oxygen atoms in total. The van der Waals surface area contributed by atoms with Crippen LogP contribution in [0.1, 0.15) is 19.4 Å². The van der Waals surface area contributed by atoms with Crippen LogP contribution in [0.25, 0.3) is 6.08 Å². The maximum absolute atomic E-state index is 11.0. The van der Waals surface area contributed by atoms with Crippen LogP contribution in [0.15, 0.2) is 35.2 Å². The van der Waals surface area contributed by atoms with E-state index in [1.54, 1.807) is 36.4 Å². The first-order chi connectivity index (χ1) is 7.52. The van der Waals surface area contributed by atoms with E-state index in [0.717, 1.165) is 0 Å². The normalized spacial score (nSPS) is 15.6. The van der Waals surface area contributed by atoms with Crippen LogP contribution in [0.2, 0.25) is 0 Å². The van der Waals surface area contributed by atoms with Crippen LogP contribution in [-0.4, -0.2) is 20.0 Å². The second kappa shape index (κ2) is 5.94. The molecule has 16 heavy (non-hydrogen) atoms. The summed E-state index contributed by atoms with van der Waals surface area (Å²) in [5.41, 5.74) is 0.656. The topological polar surface area (TPSA) is 57.5 Å². The molecule has 0 aliphatic carbocycles. The Morgan fingerprint density at radius 2 is 1.94 bits per heavy atom. The molecule has 2 atom stereocenters. The predicted octanol–water partition coefficient (Wildman–Crippen LogP) is 2.30. The number of hydrogen-bond acceptors (Lipinski definition) is 2. The van der Waals surface area contributed by atoms with Gasteiger partial charge in [0.2, 0.25) is 0 Å². The Morgan fingerprint density at radius 1 is 1.31 bits per heavy atom. The minimum absolute atomic E-state index is 0.128. The Kier molecular flexibility index (Phi) is 4.86. The minimum atomic E-state index is -2.00. The second-order valence-electron chi connectivity index (χ2n) is 3.88. The molecule has 0 saturated heterocycles. The molecule has 0 heterocycles. The Morgan fingerprint density at radius 3 is 2.50 bits per heavy atom. The molecule has 2 unspecified atom stereocenters. The maximum Gasteiger partial charge on any atom is 0.187 e. The summed E-state index contributed by atoms with van der Waals surface area (Å²) < 4.78 is 20.1. The van der Waals surface area contributed by atoms with Gasteiger partial charge < -0.3 is 9.66 Å². The molecule has 0 radical (unpaired) electrons. The lowest BCUT2D eigenvalue weighted by atomic mass is 10.1. The van der Waals surface area contributed by atoms with Crippen LogP contribution in [0.5, 0.6) is 0 Å². The second-order valence-corrected chi connectivity index (χ2v) is 4.82. The third kappa shape index (κ3) is 3.56. The molecular formula is C12H16O3S. The Bertz CT molecular complexity index is 399. The molecule has 0 aromatic heterocycles. The van der Waals surface area contributed by atoms with E-state index in [9.17, 15) is 9.32 Å². The van der Waals surface area contributed by atoms with E-state index >= 15 is 0 Å². The standard InChI is InChI=1S/C12H16O3S/c1-9(2)11(13)8-7-10-5-3-4-6-12(10)16(14)15/h3-9,11,13H,1-2H3,(H,14,15)/b8-7+. The lowest BCUT2D eigenvalue weighted by molar-refractivity contribution is 0.173. The van der Waals surface area contributed by atoms with Crippen LogP contribution in [0.4, 0.5) is 0 Å². The van der Waals surface area contributed by atoms with E-state index in [1.165, 1.54) is 0 Å². The summed E-state index contributed by atoms with van der Waals surface area (Å²) in [4.78, 5) is 0.356.